The summed E-state index contributed by atoms with van der Waals surface area (Å²) in [5, 5.41) is 5.67. The number of carbonyl (C=O) groups excluding carboxylic acids is 3. The van der Waals surface area contributed by atoms with Crippen molar-refractivity contribution in [1.29, 1.82) is 0 Å². The molecule has 1 aromatic carbocycles. The maximum absolute atomic E-state index is 13.3. The van der Waals surface area contributed by atoms with Gasteiger partial charge in [0.25, 0.3) is 5.91 Å². The average Bonchev–Trinajstić information content (AvgIpc) is 3.23. The molecule has 6 nitrogen and oxygen atoms in total. The fraction of sp³-hybridized carbons (Fsp3) is 0.550. The van der Waals surface area contributed by atoms with Crippen molar-refractivity contribution in [2.75, 3.05) is 6.54 Å². The molecule has 3 rings (SSSR count). The van der Waals surface area contributed by atoms with E-state index in [0.29, 0.717) is 18.4 Å². The number of nitrogens with zero attached hydrogens (tertiary/aromatic N) is 1. The molecule has 146 valence electrons. The van der Waals surface area contributed by atoms with Crippen molar-refractivity contribution in [1.82, 2.24) is 15.5 Å². The van der Waals surface area contributed by atoms with Crippen LogP contribution in [0.15, 0.2) is 24.3 Å². The molecule has 2 fully saturated rings. The molecule has 4 amide bonds. The molecule has 1 aliphatic heterocycles. The van der Waals surface area contributed by atoms with Gasteiger partial charge in [-0.25, -0.2) is 9.18 Å². The zero-order valence-corrected chi connectivity index (χ0v) is 15.6. The van der Waals surface area contributed by atoms with Crippen molar-refractivity contribution in [3.05, 3.63) is 35.6 Å². The van der Waals surface area contributed by atoms with Crippen LogP contribution in [0.4, 0.5) is 9.18 Å². The van der Waals surface area contributed by atoms with E-state index in [9.17, 15) is 18.8 Å². The number of benzene rings is 1. The van der Waals surface area contributed by atoms with Gasteiger partial charge in [-0.1, -0.05) is 44.7 Å². The lowest BCUT2D eigenvalue weighted by atomic mass is 9.85. The number of hydrogen-bond acceptors (Lipinski definition) is 3. The molecule has 0 radical (unpaired) electrons. The highest BCUT2D eigenvalue weighted by Gasteiger charge is 2.52. The molecule has 1 saturated carbocycles. The molecule has 0 spiro atoms. The Morgan fingerprint density at radius 2 is 1.93 bits per heavy atom. The quantitative estimate of drug-likeness (QED) is 0.720. The summed E-state index contributed by atoms with van der Waals surface area (Å²) in [6.45, 7) is 1.70. The van der Waals surface area contributed by atoms with Gasteiger partial charge in [-0.3, -0.25) is 14.5 Å². The minimum absolute atomic E-state index is 0.125. The molecule has 1 aliphatic carbocycles. The molecular weight excluding hydrogens is 349 g/mol. The lowest BCUT2D eigenvalue weighted by Gasteiger charge is -2.27. The molecule has 27 heavy (non-hydrogen) atoms. The van der Waals surface area contributed by atoms with Crippen LogP contribution in [0.25, 0.3) is 0 Å². The number of hydrogen-bond donors (Lipinski definition) is 2. The third-order valence-corrected chi connectivity index (χ3v) is 5.44. The van der Waals surface area contributed by atoms with E-state index in [1.807, 2.05) is 6.92 Å². The Morgan fingerprint density at radius 3 is 2.56 bits per heavy atom. The first kappa shape index (κ1) is 19.3. The molecule has 2 N–H and O–H groups in total. The van der Waals surface area contributed by atoms with Crippen LogP contribution in [-0.4, -0.2) is 35.3 Å². The highest BCUT2D eigenvalue weighted by molar-refractivity contribution is 6.09. The highest BCUT2D eigenvalue weighted by Crippen LogP contribution is 2.34. The number of unbranched alkanes of at least 4 members (excludes halogenated alkanes) is 1. The first-order valence-corrected chi connectivity index (χ1v) is 9.66. The number of carbonyl (C=O) groups is 3. The average molecular weight is 375 g/mol. The van der Waals surface area contributed by atoms with Crippen molar-refractivity contribution in [3.8, 4) is 0 Å². The second-order valence-corrected chi connectivity index (χ2v) is 7.39. The fourth-order valence-corrected chi connectivity index (χ4v) is 3.94. The van der Waals surface area contributed by atoms with Crippen molar-refractivity contribution < 1.29 is 18.8 Å². The van der Waals surface area contributed by atoms with Gasteiger partial charge in [0, 0.05) is 6.04 Å². The molecule has 1 atom stereocenters. The summed E-state index contributed by atoms with van der Waals surface area (Å²) in [7, 11) is 0. The summed E-state index contributed by atoms with van der Waals surface area (Å²) in [6, 6.07) is 5.13. The monoisotopic (exact) mass is 375 g/mol. The molecular formula is C20H26FN3O3. The maximum atomic E-state index is 13.3. The first-order valence-electron chi connectivity index (χ1n) is 9.66. The summed E-state index contributed by atoms with van der Waals surface area (Å²) in [6.07, 6.45) is 5.99. The number of amides is 4. The predicted molar refractivity (Wildman–Crippen MR) is 98.2 cm³/mol. The molecule has 1 aromatic rings. The van der Waals surface area contributed by atoms with Gasteiger partial charge in [0.05, 0.1) is 0 Å². The zero-order chi connectivity index (χ0) is 19.4. The van der Waals surface area contributed by atoms with Crippen molar-refractivity contribution in [3.63, 3.8) is 0 Å². The summed E-state index contributed by atoms with van der Waals surface area (Å²) in [5.41, 5.74) is -0.705. The van der Waals surface area contributed by atoms with Gasteiger partial charge >= 0.3 is 6.03 Å². The Kier molecular flexibility index (Phi) is 5.77. The minimum Gasteiger partial charge on any atom is -0.352 e. The van der Waals surface area contributed by atoms with Crippen molar-refractivity contribution >= 4 is 17.8 Å². The summed E-state index contributed by atoms with van der Waals surface area (Å²) in [5.74, 6) is -1.18. The van der Waals surface area contributed by atoms with E-state index in [4.69, 9.17) is 0 Å². The first-order chi connectivity index (χ1) is 13.0. The van der Waals surface area contributed by atoms with E-state index in [1.165, 1.54) is 24.3 Å². The third kappa shape index (κ3) is 3.96. The molecule has 1 saturated heterocycles. The molecule has 0 aromatic heterocycles. The highest BCUT2D eigenvalue weighted by atomic mass is 19.1. The Hall–Kier alpha value is -2.44. The number of imide groups is 1. The maximum Gasteiger partial charge on any atom is 0.325 e. The van der Waals surface area contributed by atoms with E-state index in [2.05, 4.69) is 10.6 Å². The Bertz CT molecular complexity index is 716. The van der Waals surface area contributed by atoms with Crippen LogP contribution < -0.4 is 10.6 Å². The zero-order valence-electron chi connectivity index (χ0n) is 15.6. The predicted octanol–water partition coefficient (Wildman–Crippen LogP) is 2.82. The van der Waals surface area contributed by atoms with Gasteiger partial charge in [0.1, 0.15) is 17.9 Å². The summed E-state index contributed by atoms with van der Waals surface area (Å²) in [4.78, 5) is 39.0. The number of halogens is 1. The Labute approximate surface area is 158 Å². The van der Waals surface area contributed by atoms with Crippen LogP contribution in [0.1, 0.15) is 57.4 Å². The molecule has 1 unspecified atom stereocenters. The Balaban J connectivity index is 1.79. The summed E-state index contributed by atoms with van der Waals surface area (Å²) < 4.78 is 13.3. The SMILES string of the molecule is CCCCC1(c2ccc(F)cc2)NC(=O)N(CC(=O)NC2CCCC2)C1=O. The number of rotatable bonds is 7. The second-order valence-electron chi connectivity index (χ2n) is 7.39. The van der Waals surface area contributed by atoms with Crippen LogP contribution >= 0.6 is 0 Å². The third-order valence-electron chi connectivity index (χ3n) is 5.44. The van der Waals surface area contributed by atoms with Crippen LogP contribution in [0.3, 0.4) is 0 Å². The lowest BCUT2D eigenvalue weighted by Crippen LogP contribution is -2.46. The largest absolute Gasteiger partial charge is 0.352 e. The standard InChI is InChI=1S/C20H26FN3O3/c1-2-3-12-20(14-8-10-15(21)11-9-14)18(26)24(19(27)23-20)13-17(25)22-16-6-4-5-7-16/h8-11,16H,2-7,12-13H2,1H3,(H,22,25)(H,23,27). The number of nitrogens with one attached hydrogen (secondary N) is 2. The van der Waals surface area contributed by atoms with Gasteiger partial charge in [0.2, 0.25) is 5.91 Å². The van der Waals surface area contributed by atoms with Crippen molar-refractivity contribution in [2.45, 2.75) is 63.5 Å². The summed E-state index contributed by atoms with van der Waals surface area (Å²) >= 11 is 0. The Morgan fingerprint density at radius 1 is 1.26 bits per heavy atom. The van der Waals surface area contributed by atoms with Crippen LogP contribution in [-0.2, 0) is 15.1 Å². The minimum atomic E-state index is -1.24. The normalized spacial score (nSPS) is 23.0. The molecule has 1 heterocycles. The van der Waals surface area contributed by atoms with Gasteiger partial charge in [-0.2, -0.15) is 0 Å². The topological polar surface area (TPSA) is 78.5 Å². The van der Waals surface area contributed by atoms with Crippen molar-refractivity contribution in [2.24, 2.45) is 0 Å². The van der Waals surface area contributed by atoms with Crippen LogP contribution in [0.2, 0.25) is 0 Å². The van der Waals surface area contributed by atoms with Crippen LogP contribution in [0, 0.1) is 5.82 Å². The smallest absolute Gasteiger partial charge is 0.325 e. The van der Waals surface area contributed by atoms with E-state index < -0.39 is 23.3 Å². The van der Waals surface area contributed by atoms with Gasteiger partial charge < -0.3 is 10.6 Å². The van der Waals surface area contributed by atoms with Gasteiger partial charge in [-0.05, 0) is 37.0 Å². The molecule has 2 aliphatic rings. The second kappa shape index (κ2) is 8.06. The molecule has 7 heteroatoms. The van der Waals surface area contributed by atoms with E-state index in [0.717, 1.165) is 37.0 Å². The van der Waals surface area contributed by atoms with E-state index >= 15 is 0 Å². The van der Waals surface area contributed by atoms with Gasteiger partial charge in [-0.15, -0.1) is 0 Å². The van der Waals surface area contributed by atoms with Crippen LogP contribution in [0.5, 0.6) is 0 Å². The van der Waals surface area contributed by atoms with Gasteiger partial charge in [0.15, 0.2) is 0 Å². The molecule has 0 bridgehead atoms. The number of urea groups is 1. The van der Waals surface area contributed by atoms with E-state index in [1.54, 1.807) is 0 Å². The van der Waals surface area contributed by atoms with E-state index in [-0.39, 0.29) is 18.5 Å². The lowest BCUT2D eigenvalue weighted by molar-refractivity contribution is -0.135. The fourth-order valence-electron chi connectivity index (χ4n) is 3.94.